The highest BCUT2D eigenvalue weighted by Crippen LogP contribution is 2.27. The van der Waals surface area contributed by atoms with Crippen molar-refractivity contribution in [3.8, 4) is 5.75 Å². The number of rotatable bonds is 4. The van der Waals surface area contributed by atoms with E-state index >= 15 is 0 Å². The summed E-state index contributed by atoms with van der Waals surface area (Å²) in [5.74, 6) is -1.52. The Hall–Kier alpha value is -1.24. The topological polar surface area (TPSA) is 59.4 Å². The van der Waals surface area contributed by atoms with Gasteiger partial charge in [0.05, 0.1) is 4.47 Å². The zero-order chi connectivity index (χ0) is 11.4. The number of hydrogen-bond donors (Lipinski definition) is 1. The lowest BCUT2D eigenvalue weighted by Gasteiger charge is -2.09. The molecule has 0 saturated heterocycles. The monoisotopic (exact) mass is 281 g/mol. The molecule has 7 heteroatoms. The molecular weight excluding hydrogens is 276 g/mol. The van der Waals surface area contributed by atoms with Crippen LogP contribution in [0.4, 0.5) is 8.78 Å². The van der Waals surface area contributed by atoms with Crippen molar-refractivity contribution in [3.05, 3.63) is 22.4 Å². The van der Waals surface area contributed by atoms with Crippen LogP contribution in [0, 0.1) is 0 Å². The van der Waals surface area contributed by atoms with Gasteiger partial charge in [-0.25, -0.2) is 18.6 Å². The van der Waals surface area contributed by atoms with Crippen LogP contribution in [0.2, 0.25) is 0 Å². The van der Waals surface area contributed by atoms with Crippen LogP contribution in [0.3, 0.4) is 0 Å². The quantitative estimate of drug-likeness (QED) is 0.919. The summed E-state index contributed by atoms with van der Waals surface area (Å²) in [5.41, 5.74) is -0.398. The molecule has 1 aromatic rings. The maximum atomic E-state index is 11.9. The predicted octanol–water partition coefficient (Wildman–Crippen LogP) is 2.19. The van der Waals surface area contributed by atoms with Gasteiger partial charge in [0.15, 0.2) is 11.4 Å². The Kier molecular flexibility index (Phi) is 3.96. The van der Waals surface area contributed by atoms with Crippen molar-refractivity contribution in [2.75, 3.05) is 6.61 Å². The van der Waals surface area contributed by atoms with Gasteiger partial charge in [0.1, 0.15) is 6.61 Å². The number of halogens is 3. The molecule has 0 radical (unpaired) electrons. The third-order valence-corrected chi connectivity index (χ3v) is 2.04. The fourth-order valence-corrected chi connectivity index (χ4v) is 1.28. The van der Waals surface area contributed by atoms with Crippen molar-refractivity contribution < 1.29 is 23.4 Å². The number of pyridine rings is 1. The standard InChI is InChI=1S/C8H6BrF2NO3/c9-4-1-2-12-6(8(13)14)7(4)15-3-5(10)11/h1-2,5H,3H2,(H,13,14). The number of aromatic carboxylic acids is 1. The van der Waals surface area contributed by atoms with Crippen LogP contribution < -0.4 is 4.74 Å². The molecule has 0 aromatic carbocycles. The Balaban J connectivity index is 2.97. The van der Waals surface area contributed by atoms with Crippen LogP contribution in [0.1, 0.15) is 10.5 Å². The summed E-state index contributed by atoms with van der Waals surface area (Å²) in [4.78, 5) is 14.2. The Morgan fingerprint density at radius 2 is 2.33 bits per heavy atom. The molecule has 0 unspecified atom stereocenters. The van der Waals surface area contributed by atoms with E-state index in [0.717, 1.165) is 0 Å². The SMILES string of the molecule is O=C(O)c1nccc(Br)c1OCC(F)F. The van der Waals surface area contributed by atoms with Crippen LogP contribution >= 0.6 is 15.9 Å². The van der Waals surface area contributed by atoms with E-state index in [-0.39, 0.29) is 10.2 Å². The van der Waals surface area contributed by atoms with E-state index in [2.05, 4.69) is 25.7 Å². The number of nitrogens with zero attached hydrogens (tertiary/aromatic N) is 1. The second-order valence-electron chi connectivity index (χ2n) is 2.48. The smallest absolute Gasteiger partial charge is 0.358 e. The summed E-state index contributed by atoms with van der Waals surface area (Å²) in [7, 11) is 0. The van der Waals surface area contributed by atoms with Gasteiger partial charge in [-0.1, -0.05) is 0 Å². The first kappa shape index (κ1) is 11.8. The lowest BCUT2D eigenvalue weighted by molar-refractivity contribution is 0.0654. The van der Waals surface area contributed by atoms with E-state index < -0.39 is 24.7 Å². The van der Waals surface area contributed by atoms with E-state index in [4.69, 9.17) is 5.11 Å². The number of alkyl halides is 2. The van der Waals surface area contributed by atoms with Gasteiger partial charge in [-0.05, 0) is 22.0 Å². The Labute approximate surface area is 92.0 Å². The van der Waals surface area contributed by atoms with Crippen molar-refractivity contribution in [3.63, 3.8) is 0 Å². The number of aromatic nitrogens is 1. The zero-order valence-electron chi connectivity index (χ0n) is 7.28. The first-order valence-electron chi connectivity index (χ1n) is 3.81. The maximum absolute atomic E-state index is 11.9. The summed E-state index contributed by atoms with van der Waals surface area (Å²) in [6.07, 6.45) is -1.43. The van der Waals surface area contributed by atoms with E-state index in [1.165, 1.54) is 12.3 Å². The van der Waals surface area contributed by atoms with Crippen LogP contribution in [0.25, 0.3) is 0 Å². The third kappa shape index (κ3) is 3.12. The van der Waals surface area contributed by atoms with Gasteiger partial charge in [-0.15, -0.1) is 0 Å². The van der Waals surface area contributed by atoms with Gasteiger partial charge in [0.2, 0.25) is 0 Å². The van der Waals surface area contributed by atoms with Crippen LogP contribution in [-0.4, -0.2) is 29.1 Å². The number of ether oxygens (including phenoxy) is 1. The molecule has 4 nitrogen and oxygen atoms in total. The molecule has 0 spiro atoms. The number of hydrogen-bond acceptors (Lipinski definition) is 3. The second kappa shape index (κ2) is 5.01. The van der Waals surface area contributed by atoms with Gasteiger partial charge in [0.25, 0.3) is 6.43 Å². The first-order chi connectivity index (χ1) is 7.02. The highest BCUT2D eigenvalue weighted by Gasteiger charge is 2.17. The number of carboxylic acid groups (broad SMARTS) is 1. The van der Waals surface area contributed by atoms with Gasteiger partial charge in [-0.3, -0.25) is 0 Å². The summed E-state index contributed by atoms with van der Waals surface area (Å²) < 4.78 is 28.7. The lowest BCUT2D eigenvalue weighted by Crippen LogP contribution is -2.11. The molecule has 0 atom stereocenters. The summed E-state index contributed by atoms with van der Waals surface area (Å²) >= 11 is 2.99. The molecule has 1 N–H and O–H groups in total. The predicted molar refractivity (Wildman–Crippen MR) is 50.4 cm³/mol. The average molecular weight is 282 g/mol. The van der Waals surface area contributed by atoms with Crippen LogP contribution in [0.15, 0.2) is 16.7 Å². The summed E-state index contributed by atoms with van der Waals surface area (Å²) in [6.45, 7) is -0.870. The fourth-order valence-electron chi connectivity index (χ4n) is 0.861. The van der Waals surface area contributed by atoms with Crippen molar-refractivity contribution >= 4 is 21.9 Å². The molecule has 0 amide bonds. The molecule has 1 rings (SSSR count). The van der Waals surface area contributed by atoms with Gasteiger partial charge >= 0.3 is 5.97 Å². The summed E-state index contributed by atoms with van der Waals surface area (Å²) in [6, 6.07) is 1.41. The highest BCUT2D eigenvalue weighted by molar-refractivity contribution is 9.10. The minimum Gasteiger partial charge on any atom is -0.484 e. The van der Waals surface area contributed by atoms with Crippen LogP contribution in [0.5, 0.6) is 5.75 Å². The van der Waals surface area contributed by atoms with Gasteiger partial charge in [-0.2, -0.15) is 0 Å². The molecule has 0 fully saturated rings. The molecule has 0 aliphatic carbocycles. The Morgan fingerprint density at radius 1 is 1.67 bits per heavy atom. The van der Waals surface area contributed by atoms with E-state index in [1.54, 1.807) is 0 Å². The van der Waals surface area contributed by atoms with Gasteiger partial charge < -0.3 is 9.84 Å². The van der Waals surface area contributed by atoms with Crippen molar-refractivity contribution in [1.29, 1.82) is 0 Å². The lowest BCUT2D eigenvalue weighted by atomic mass is 10.3. The molecule has 15 heavy (non-hydrogen) atoms. The molecular formula is C8H6BrF2NO3. The molecule has 0 aliphatic rings. The van der Waals surface area contributed by atoms with Crippen molar-refractivity contribution in [2.45, 2.75) is 6.43 Å². The molecule has 1 aromatic heterocycles. The van der Waals surface area contributed by atoms with Crippen LogP contribution in [-0.2, 0) is 0 Å². The van der Waals surface area contributed by atoms with Gasteiger partial charge in [0, 0.05) is 6.20 Å². The molecule has 0 saturated carbocycles. The molecule has 0 bridgehead atoms. The second-order valence-corrected chi connectivity index (χ2v) is 3.33. The maximum Gasteiger partial charge on any atom is 0.358 e. The normalized spacial score (nSPS) is 10.4. The first-order valence-corrected chi connectivity index (χ1v) is 4.60. The molecule has 0 aliphatic heterocycles. The van der Waals surface area contributed by atoms with E-state index in [9.17, 15) is 13.6 Å². The Morgan fingerprint density at radius 3 is 2.87 bits per heavy atom. The average Bonchev–Trinajstić information content (AvgIpc) is 2.15. The van der Waals surface area contributed by atoms with Crippen molar-refractivity contribution in [1.82, 2.24) is 4.98 Å². The van der Waals surface area contributed by atoms with E-state index in [0.29, 0.717) is 0 Å². The fraction of sp³-hybridized carbons (Fsp3) is 0.250. The molecule has 82 valence electrons. The summed E-state index contributed by atoms with van der Waals surface area (Å²) in [5, 5.41) is 8.70. The number of carboxylic acids is 1. The highest BCUT2D eigenvalue weighted by atomic mass is 79.9. The third-order valence-electron chi connectivity index (χ3n) is 1.41. The molecule has 1 heterocycles. The number of carbonyl (C=O) groups is 1. The van der Waals surface area contributed by atoms with E-state index in [1.807, 2.05) is 0 Å². The zero-order valence-corrected chi connectivity index (χ0v) is 8.87. The Bertz CT molecular complexity index is 373. The largest absolute Gasteiger partial charge is 0.484 e. The minimum atomic E-state index is -2.67. The van der Waals surface area contributed by atoms with Crippen molar-refractivity contribution in [2.24, 2.45) is 0 Å². The minimum absolute atomic E-state index is 0.190.